The molecule has 0 aliphatic heterocycles. The summed E-state index contributed by atoms with van der Waals surface area (Å²) in [6.07, 6.45) is 46.7. The van der Waals surface area contributed by atoms with Gasteiger partial charge >= 0.3 is 0 Å². The quantitative estimate of drug-likeness (QED) is 0.0684. The second kappa shape index (κ2) is 32.1. The van der Waals surface area contributed by atoms with Gasteiger partial charge in [0, 0.05) is 6.42 Å². The minimum Gasteiger partial charge on any atom is -0.394 e. The summed E-state index contributed by atoms with van der Waals surface area (Å²) in [6.45, 7) is 4.07. The number of amides is 1. The van der Waals surface area contributed by atoms with Crippen molar-refractivity contribution in [2.75, 3.05) is 6.61 Å². The lowest BCUT2D eigenvalue weighted by molar-refractivity contribution is -0.123. The number of unbranched alkanes of at least 4 members (excludes halogenated alkanes) is 8. The minimum atomic E-state index is -0.850. The van der Waals surface area contributed by atoms with Crippen LogP contribution in [0.1, 0.15) is 123 Å². The van der Waals surface area contributed by atoms with Gasteiger partial charge in [0.15, 0.2) is 0 Å². The standard InChI is InChI=1S/C37H61NO3/c1-3-5-7-9-11-12-13-14-15-16-17-18-19-20-21-22-23-24-25-26-27-29-31-33-37(41)38-35(34-39)36(40)32-30-28-10-8-6-4-2/h5,7,11-12,14-15,17-18,20-21,23-24,30,32,35-36,39-40H,3-4,6,8-10,13,16,19,22,25-29,31,33-34H2,1-2H3,(H,38,41)/b7-5-,12-11-,15-14-,18-17-,21-20-,24-23-,32-30+. The van der Waals surface area contributed by atoms with Gasteiger partial charge in [-0.2, -0.15) is 0 Å². The van der Waals surface area contributed by atoms with Crippen LogP contribution in [0, 0.1) is 0 Å². The summed E-state index contributed by atoms with van der Waals surface area (Å²) in [6, 6.07) is -0.637. The van der Waals surface area contributed by atoms with Crippen molar-refractivity contribution in [3.8, 4) is 0 Å². The van der Waals surface area contributed by atoms with Gasteiger partial charge in [0.2, 0.25) is 5.91 Å². The van der Waals surface area contributed by atoms with Crippen molar-refractivity contribution in [1.29, 1.82) is 0 Å². The third kappa shape index (κ3) is 28.9. The number of aliphatic hydroxyl groups excluding tert-OH is 2. The molecule has 0 bridgehead atoms. The van der Waals surface area contributed by atoms with Crippen molar-refractivity contribution >= 4 is 5.91 Å². The van der Waals surface area contributed by atoms with E-state index in [-0.39, 0.29) is 12.5 Å². The summed E-state index contributed by atoms with van der Waals surface area (Å²) in [5, 5.41) is 22.6. The first-order valence-electron chi connectivity index (χ1n) is 16.3. The molecule has 0 aliphatic carbocycles. The Morgan fingerprint density at radius 1 is 0.610 bits per heavy atom. The Morgan fingerprint density at radius 2 is 1.07 bits per heavy atom. The summed E-state index contributed by atoms with van der Waals surface area (Å²) in [5.74, 6) is -0.101. The predicted molar refractivity (Wildman–Crippen MR) is 179 cm³/mol. The van der Waals surface area contributed by atoms with Crippen LogP contribution >= 0.6 is 0 Å². The lowest BCUT2D eigenvalue weighted by Gasteiger charge is -2.19. The molecule has 2 unspecified atom stereocenters. The van der Waals surface area contributed by atoms with Crippen LogP contribution in [0.3, 0.4) is 0 Å². The fourth-order valence-electron chi connectivity index (χ4n) is 4.12. The van der Waals surface area contributed by atoms with E-state index in [1.165, 1.54) is 19.3 Å². The highest BCUT2D eigenvalue weighted by Crippen LogP contribution is 2.08. The molecule has 4 nitrogen and oxygen atoms in total. The molecule has 4 heteroatoms. The molecule has 0 aromatic carbocycles. The number of carbonyl (C=O) groups excluding carboxylic acids is 1. The Kier molecular flexibility index (Phi) is 30.2. The molecule has 1 amide bonds. The summed E-state index contributed by atoms with van der Waals surface area (Å²) >= 11 is 0. The lowest BCUT2D eigenvalue weighted by Crippen LogP contribution is -2.45. The van der Waals surface area contributed by atoms with Crippen LogP contribution in [0.25, 0.3) is 0 Å². The third-order valence-corrected chi connectivity index (χ3v) is 6.63. The van der Waals surface area contributed by atoms with Crippen molar-refractivity contribution in [1.82, 2.24) is 5.32 Å². The maximum Gasteiger partial charge on any atom is 0.220 e. The first-order chi connectivity index (χ1) is 20.2. The molecule has 0 aromatic rings. The number of nitrogens with one attached hydrogen (secondary N) is 1. The highest BCUT2D eigenvalue weighted by Gasteiger charge is 2.17. The van der Waals surface area contributed by atoms with Crippen LogP contribution in [-0.4, -0.2) is 34.9 Å². The summed E-state index contributed by atoms with van der Waals surface area (Å²) in [7, 11) is 0. The van der Waals surface area contributed by atoms with Crippen LogP contribution in [0.5, 0.6) is 0 Å². The zero-order valence-corrected chi connectivity index (χ0v) is 26.3. The predicted octanol–water partition coefficient (Wildman–Crippen LogP) is 9.39. The Labute approximate surface area is 252 Å². The van der Waals surface area contributed by atoms with E-state index in [4.69, 9.17) is 0 Å². The summed E-state index contributed by atoms with van der Waals surface area (Å²) in [5.41, 5.74) is 0. The number of carbonyl (C=O) groups is 1. The third-order valence-electron chi connectivity index (χ3n) is 6.63. The summed E-state index contributed by atoms with van der Waals surface area (Å²) < 4.78 is 0. The molecule has 41 heavy (non-hydrogen) atoms. The maximum absolute atomic E-state index is 12.2. The second-order valence-corrected chi connectivity index (χ2v) is 10.5. The van der Waals surface area contributed by atoms with Gasteiger partial charge in [-0.3, -0.25) is 4.79 Å². The molecule has 0 aliphatic rings. The van der Waals surface area contributed by atoms with Gasteiger partial charge in [-0.25, -0.2) is 0 Å². The van der Waals surface area contributed by atoms with E-state index < -0.39 is 12.1 Å². The maximum atomic E-state index is 12.2. The molecule has 0 aromatic heterocycles. The molecule has 232 valence electrons. The normalized spacial score (nSPS) is 14.3. The average Bonchev–Trinajstić information content (AvgIpc) is 2.97. The van der Waals surface area contributed by atoms with Crippen LogP contribution in [0.15, 0.2) is 85.1 Å². The molecule has 0 saturated carbocycles. The van der Waals surface area contributed by atoms with Crippen LogP contribution < -0.4 is 5.32 Å². The van der Waals surface area contributed by atoms with E-state index in [9.17, 15) is 15.0 Å². The van der Waals surface area contributed by atoms with Crippen LogP contribution in [0.2, 0.25) is 0 Å². The van der Waals surface area contributed by atoms with E-state index >= 15 is 0 Å². The number of rotatable bonds is 27. The zero-order valence-electron chi connectivity index (χ0n) is 26.3. The minimum absolute atomic E-state index is 0.101. The number of hydrogen-bond acceptors (Lipinski definition) is 3. The van der Waals surface area contributed by atoms with E-state index in [0.717, 1.165) is 83.5 Å². The zero-order chi connectivity index (χ0) is 30.1. The Hall–Kier alpha value is -2.43. The van der Waals surface area contributed by atoms with Crippen LogP contribution in [0.4, 0.5) is 0 Å². The van der Waals surface area contributed by atoms with Gasteiger partial charge in [0.1, 0.15) is 0 Å². The van der Waals surface area contributed by atoms with Crippen molar-refractivity contribution < 1.29 is 15.0 Å². The molecular weight excluding hydrogens is 506 g/mol. The summed E-state index contributed by atoms with van der Waals surface area (Å²) in [4.78, 5) is 12.2. The fraction of sp³-hybridized carbons (Fsp3) is 0.595. The highest BCUT2D eigenvalue weighted by molar-refractivity contribution is 5.76. The molecule has 0 rings (SSSR count). The Morgan fingerprint density at radius 3 is 1.59 bits per heavy atom. The van der Waals surface area contributed by atoms with Crippen molar-refractivity contribution in [3.63, 3.8) is 0 Å². The van der Waals surface area contributed by atoms with Gasteiger partial charge in [0.05, 0.1) is 18.8 Å². The van der Waals surface area contributed by atoms with E-state index in [0.29, 0.717) is 6.42 Å². The molecule has 0 radical (unpaired) electrons. The van der Waals surface area contributed by atoms with E-state index in [1.54, 1.807) is 6.08 Å². The number of aliphatic hydroxyl groups is 2. The largest absolute Gasteiger partial charge is 0.394 e. The molecule has 3 N–H and O–H groups in total. The number of allylic oxidation sites excluding steroid dienone is 13. The van der Waals surface area contributed by atoms with Gasteiger partial charge in [-0.1, -0.05) is 131 Å². The average molecular weight is 568 g/mol. The van der Waals surface area contributed by atoms with Gasteiger partial charge in [-0.05, 0) is 70.6 Å². The van der Waals surface area contributed by atoms with Crippen molar-refractivity contribution in [3.05, 3.63) is 85.1 Å². The van der Waals surface area contributed by atoms with Gasteiger partial charge in [-0.15, -0.1) is 0 Å². The molecule has 0 saturated heterocycles. The van der Waals surface area contributed by atoms with Gasteiger partial charge in [0.25, 0.3) is 0 Å². The molecule has 0 heterocycles. The van der Waals surface area contributed by atoms with E-state index in [2.05, 4.69) is 92.1 Å². The highest BCUT2D eigenvalue weighted by atomic mass is 16.3. The first-order valence-corrected chi connectivity index (χ1v) is 16.3. The SMILES string of the molecule is CC/C=C\C/C=C\C/C=C\C/C=C\C/C=C\C/C=C\CCCCCCC(=O)NC(CO)C(O)/C=C/CCCCCC. The van der Waals surface area contributed by atoms with Crippen molar-refractivity contribution in [2.45, 2.75) is 135 Å². The second-order valence-electron chi connectivity index (χ2n) is 10.5. The van der Waals surface area contributed by atoms with Gasteiger partial charge < -0.3 is 15.5 Å². The van der Waals surface area contributed by atoms with Crippen LogP contribution in [-0.2, 0) is 4.79 Å². The Balaban J connectivity index is 3.73. The topological polar surface area (TPSA) is 69.6 Å². The first kappa shape index (κ1) is 38.6. The molecule has 2 atom stereocenters. The number of hydrogen-bond donors (Lipinski definition) is 3. The fourth-order valence-corrected chi connectivity index (χ4v) is 4.12. The smallest absolute Gasteiger partial charge is 0.220 e. The van der Waals surface area contributed by atoms with Crippen molar-refractivity contribution in [2.24, 2.45) is 0 Å². The van der Waals surface area contributed by atoms with E-state index in [1.807, 2.05) is 6.08 Å². The Bertz CT molecular complexity index is 788. The molecular formula is C37H61NO3. The molecule has 0 fully saturated rings. The monoisotopic (exact) mass is 567 g/mol. The molecule has 0 spiro atoms. The lowest BCUT2D eigenvalue weighted by atomic mass is 10.1.